The second-order valence-electron chi connectivity index (χ2n) is 9.76. The van der Waals surface area contributed by atoms with E-state index in [-0.39, 0.29) is 5.56 Å². The smallest absolute Gasteiger partial charge is 0.386 e. The van der Waals surface area contributed by atoms with E-state index >= 15 is 0 Å². The average molecular weight is 529 g/mol. The standard InChI is InChI=1S/C26H27F3N6O3/c1-16-20(12-19(13-31-16)32-24(36)17-3-4-30-21(9-17)26(27,28)29)18-10-22(34-5-7-38-8-6-34)33-23(11-18)35-14-25(2,37)15-35/h3-4,9-13,37H,5-8,14-15H2,1-2H3,(H,32,36). The van der Waals surface area contributed by atoms with Crippen molar-refractivity contribution in [3.63, 3.8) is 0 Å². The molecule has 0 atom stereocenters. The van der Waals surface area contributed by atoms with E-state index in [9.17, 15) is 23.1 Å². The van der Waals surface area contributed by atoms with Crippen LogP contribution >= 0.6 is 0 Å². The molecule has 2 N–H and O–H groups in total. The van der Waals surface area contributed by atoms with Crippen LogP contribution in [0.4, 0.5) is 30.5 Å². The summed E-state index contributed by atoms with van der Waals surface area (Å²) in [4.78, 5) is 29.4. The number of pyridine rings is 3. The molecule has 0 aliphatic carbocycles. The maximum atomic E-state index is 13.0. The number of nitrogens with one attached hydrogen (secondary N) is 1. The Morgan fingerprint density at radius 2 is 1.76 bits per heavy atom. The number of morpholine rings is 1. The van der Waals surface area contributed by atoms with E-state index in [1.807, 2.05) is 24.0 Å². The lowest BCUT2D eigenvalue weighted by Gasteiger charge is -2.45. The molecular formula is C26H27F3N6O3. The number of rotatable bonds is 5. The predicted octanol–water partition coefficient (Wildman–Crippen LogP) is 3.53. The molecule has 12 heteroatoms. The molecule has 3 aromatic rings. The molecule has 1 amide bonds. The first-order valence-corrected chi connectivity index (χ1v) is 12.1. The number of halogens is 3. The molecule has 2 saturated heterocycles. The second-order valence-corrected chi connectivity index (χ2v) is 9.76. The van der Waals surface area contributed by atoms with Gasteiger partial charge in [-0.05, 0) is 49.7 Å². The zero-order chi connectivity index (χ0) is 27.1. The highest BCUT2D eigenvalue weighted by Gasteiger charge is 2.38. The molecule has 2 aliphatic heterocycles. The quantitative estimate of drug-likeness (QED) is 0.519. The Bertz CT molecular complexity index is 1350. The minimum atomic E-state index is -4.66. The van der Waals surface area contributed by atoms with Crippen molar-refractivity contribution in [2.75, 3.05) is 54.5 Å². The lowest BCUT2D eigenvalue weighted by Crippen LogP contribution is -2.60. The molecule has 38 heavy (non-hydrogen) atoms. The van der Waals surface area contributed by atoms with Crippen molar-refractivity contribution in [1.82, 2.24) is 15.0 Å². The van der Waals surface area contributed by atoms with Gasteiger partial charge in [-0.15, -0.1) is 0 Å². The Morgan fingerprint density at radius 1 is 1.08 bits per heavy atom. The number of anilines is 3. The van der Waals surface area contributed by atoms with Gasteiger partial charge in [-0.2, -0.15) is 13.2 Å². The van der Waals surface area contributed by atoms with Gasteiger partial charge in [0.05, 0.1) is 30.7 Å². The Kier molecular flexibility index (Phi) is 6.70. The van der Waals surface area contributed by atoms with Gasteiger partial charge < -0.3 is 25.0 Å². The van der Waals surface area contributed by atoms with Crippen LogP contribution in [0, 0.1) is 6.92 Å². The molecular weight excluding hydrogens is 501 g/mol. The summed E-state index contributed by atoms with van der Waals surface area (Å²) < 4.78 is 44.6. The Hall–Kier alpha value is -3.77. The Balaban J connectivity index is 1.46. The fourth-order valence-corrected chi connectivity index (χ4v) is 4.54. The van der Waals surface area contributed by atoms with Gasteiger partial charge in [-0.1, -0.05) is 0 Å². The SMILES string of the molecule is Cc1ncc(NC(=O)c2ccnc(C(F)(F)F)c2)cc1-c1cc(N2CCOCC2)nc(N2CC(C)(O)C2)c1. The second kappa shape index (κ2) is 9.84. The highest BCUT2D eigenvalue weighted by molar-refractivity contribution is 6.04. The van der Waals surface area contributed by atoms with Crippen LogP contribution in [-0.4, -0.2) is 71.0 Å². The van der Waals surface area contributed by atoms with Gasteiger partial charge in [-0.3, -0.25) is 14.8 Å². The van der Waals surface area contributed by atoms with Crippen LogP contribution in [0.2, 0.25) is 0 Å². The van der Waals surface area contributed by atoms with E-state index in [2.05, 4.69) is 20.2 Å². The van der Waals surface area contributed by atoms with Crippen molar-refractivity contribution in [2.45, 2.75) is 25.6 Å². The number of aliphatic hydroxyl groups is 1. The highest BCUT2D eigenvalue weighted by atomic mass is 19.4. The lowest BCUT2D eigenvalue weighted by molar-refractivity contribution is -0.141. The third-order valence-corrected chi connectivity index (χ3v) is 6.49. The summed E-state index contributed by atoms with van der Waals surface area (Å²) >= 11 is 0. The van der Waals surface area contributed by atoms with E-state index < -0.39 is 23.4 Å². The van der Waals surface area contributed by atoms with Crippen LogP contribution in [0.25, 0.3) is 11.1 Å². The van der Waals surface area contributed by atoms with Gasteiger partial charge >= 0.3 is 6.18 Å². The fraction of sp³-hybridized carbons (Fsp3) is 0.385. The number of hydrogen-bond acceptors (Lipinski definition) is 8. The molecule has 0 bridgehead atoms. The third-order valence-electron chi connectivity index (χ3n) is 6.49. The number of amides is 1. The van der Waals surface area contributed by atoms with E-state index in [4.69, 9.17) is 9.72 Å². The summed E-state index contributed by atoms with van der Waals surface area (Å²) in [6.45, 7) is 7.06. The van der Waals surface area contributed by atoms with Crippen LogP contribution < -0.4 is 15.1 Å². The number of alkyl halides is 3. The monoisotopic (exact) mass is 528 g/mol. The number of nitrogens with zero attached hydrogens (tertiary/aromatic N) is 5. The minimum Gasteiger partial charge on any atom is -0.386 e. The number of aromatic nitrogens is 3. The summed E-state index contributed by atoms with van der Waals surface area (Å²) in [5, 5.41) is 12.9. The first kappa shape index (κ1) is 25.9. The van der Waals surface area contributed by atoms with Crippen LogP contribution in [0.5, 0.6) is 0 Å². The summed E-state index contributed by atoms with van der Waals surface area (Å²) in [5.74, 6) is 0.764. The lowest BCUT2D eigenvalue weighted by atomic mass is 9.96. The molecule has 2 fully saturated rings. The summed E-state index contributed by atoms with van der Waals surface area (Å²) in [5.41, 5.74) is 0.493. The maximum Gasteiger partial charge on any atom is 0.433 e. The number of hydrogen-bond donors (Lipinski definition) is 2. The van der Waals surface area contributed by atoms with E-state index in [0.29, 0.717) is 62.7 Å². The van der Waals surface area contributed by atoms with Crippen molar-refractivity contribution in [2.24, 2.45) is 0 Å². The van der Waals surface area contributed by atoms with Crippen LogP contribution in [0.1, 0.15) is 28.7 Å². The average Bonchev–Trinajstić information content (AvgIpc) is 2.88. The first-order valence-electron chi connectivity index (χ1n) is 12.1. The zero-order valence-electron chi connectivity index (χ0n) is 20.9. The fourth-order valence-electron chi connectivity index (χ4n) is 4.54. The number of ether oxygens (including phenoxy) is 1. The molecule has 3 aromatic heterocycles. The van der Waals surface area contributed by atoms with Gasteiger partial charge in [-0.25, -0.2) is 4.98 Å². The summed E-state index contributed by atoms with van der Waals surface area (Å²) in [6, 6.07) is 7.52. The molecule has 9 nitrogen and oxygen atoms in total. The maximum absolute atomic E-state index is 13.0. The Labute approximate surface area is 217 Å². The van der Waals surface area contributed by atoms with E-state index in [1.54, 1.807) is 13.0 Å². The molecule has 200 valence electrons. The van der Waals surface area contributed by atoms with Gasteiger partial charge in [0.15, 0.2) is 0 Å². The topological polar surface area (TPSA) is 104 Å². The van der Waals surface area contributed by atoms with Crippen LogP contribution in [0.3, 0.4) is 0 Å². The molecule has 0 unspecified atom stereocenters. The largest absolute Gasteiger partial charge is 0.433 e. The minimum absolute atomic E-state index is 0.167. The van der Waals surface area contributed by atoms with Crippen LogP contribution in [0.15, 0.2) is 42.7 Å². The number of carbonyl (C=O) groups excluding carboxylic acids is 1. The van der Waals surface area contributed by atoms with Gasteiger partial charge in [0.2, 0.25) is 0 Å². The van der Waals surface area contributed by atoms with E-state index in [0.717, 1.165) is 23.1 Å². The van der Waals surface area contributed by atoms with Gasteiger partial charge in [0.1, 0.15) is 17.3 Å². The molecule has 2 aliphatic rings. The molecule has 5 heterocycles. The van der Waals surface area contributed by atoms with Crippen molar-refractivity contribution in [3.05, 3.63) is 59.7 Å². The van der Waals surface area contributed by atoms with Crippen molar-refractivity contribution < 1.29 is 27.8 Å². The number of carbonyl (C=O) groups is 1. The highest BCUT2D eigenvalue weighted by Crippen LogP contribution is 2.34. The number of β-amino-alcohol motifs (C(OH)–C–C–N with tert-alkyl or cyclic N) is 1. The Morgan fingerprint density at radius 3 is 2.42 bits per heavy atom. The summed E-state index contributed by atoms with van der Waals surface area (Å²) in [6.07, 6.45) is -2.24. The normalized spacial score (nSPS) is 17.2. The number of aryl methyl sites for hydroxylation is 1. The van der Waals surface area contributed by atoms with Crippen molar-refractivity contribution in [3.8, 4) is 11.1 Å². The van der Waals surface area contributed by atoms with Crippen molar-refractivity contribution >= 4 is 23.2 Å². The molecule has 0 saturated carbocycles. The van der Waals surface area contributed by atoms with Crippen LogP contribution in [-0.2, 0) is 10.9 Å². The summed E-state index contributed by atoms with van der Waals surface area (Å²) in [7, 11) is 0. The zero-order valence-corrected chi connectivity index (χ0v) is 20.9. The predicted molar refractivity (Wildman–Crippen MR) is 135 cm³/mol. The first-order chi connectivity index (χ1) is 18.0. The van der Waals surface area contributed by atoms with Crippen molar-refractivity contribution in [1.29, 1.82) is 0 Å². The van der Waals surface area contributed by atoms with Gasteiger partial charge in [0, 0.05) is 49.2 Å². The molecule has 0 spiro atoms. The molecule has 0 aromatic carbocycles. The third kappa shape index (κ3) is 5.55. The molecule has 0 radical (unpaired) electrons. The van der Waals surface area contributed by atoms with Gasteiger partial charge in [0.25, 0.3) is 5.91 Å². The van der Waals surface area contributed by atoms with E-state index in [1.165, 1.54) is 12.3 Å². The molecule has 5 rings (SSSR count).